The number of aromatic nitrogens is 1. The summed E-state index contributed by atoms with van der Waals surface area (Å²) in [5, 5.41) is 8.92. The van der Waals surface area contributed by atoms with Crippen molar-refractivity contribution in [3.05, 3.63) is 95.8 Å². The second kappa shape index (κ2) is 8.03. The summed E-state index contributed by atoms with van der Waals surface area (Å²) in [5.74, 6) is 0. The fraction of sp³-hybridized carbons (Fsp3) is 0.217. The van der Waals surface area contributed by atoms with E-state index in [2.05, 4.69) is 81.5 Å². The molecule has 1 aliphatic rings. The van der Waals surface area contributed by atoms with Gasteiger partial charge in [0.05, 0.1) is 17.9 Å². The zero-order chi connectivity index (χ0) is 18.5. The third-order valence-electron chi connectivity index (χ3n) is 5.14. The number of nitriles is 1. The molecule has 0 N–H and O–H groups in total. The van der Waals surface area contributed by atoms with Crippen LogP contribution in [-0.2, 0) is 0 Å². The highest BCUT2D eigenvalue weighted by atomic mass is 15.3. The van der Waals surface area contributed by atoms with Crippen LogP contribution in [0.2, 0.25) is 0 Å². The molecule has 27 heavy (non-hydrogen) atoms. The van der Waals surface area contributed by atoms with Crippen LogP contribution in [0.3, 0.4) is 0 Å². The van der Waals surface area contributed by atoms with Crippen LogP contribution >= 0.6 is 0 Å². The van der Waals surface area contributed by atoms with Crippen molar-refractivity contribution in [2.45, 2.75) is 6.04 Å². The van der Waals surface area contributed by atoms with Crippen LogP contribution < -0.4 is 4.90 Å². The molecule has 1 saturated heterocycles. The summed E-state index contributed by atoms with van der Waals surface area (Å²) in [7, 11) is 0. The predicted molar refractivity (Wildman–Crippen MR) is 107 cm³/mol. The summed E-state index contributed by atoms with van der Waals surface area (Å²) in [5.41, 5.74) is 4.21. The summed E-state index contributed by atoms with van der Waals surface area (Å²) in [6.45, 7) is 3.86. The van der Waals surface area contributed by atoms with Crippen LogP contribution in [0, 0.1) is 11.3 Å². The van der Waals surface area contributed by atoms with Crippen molar-refractivity contribution >= 4 is 5.69 Å². The van der Waals surface area contributed by atoms with E-state index in [0.717, 1.165) is 31.9 Å². The molecule has 0 amide bonds. The molecular weight excluding hydrogens is 332 g/mol. The second-order valence-corrected chi connectivity index (χ2v) is 6.76. The molecule has 1 aromatic heterocycles. The molecule has 0 bridgehead atoms. The third kappa shape index (κ3) is 3.84. The van der Waals surface area contributed by atoms with Gasteiger partial charge in [-0.1, -0.05) is 60.7 Å². The lowest BCUT2D eigenvalue weighted by Crippen LogP contribution is -2.48. The molecule has 0 unspecified atom stereocenters. The maximum atomic E-state index is 8.92. The summed E-state index contributed by atoms with van der Waals surface area (Å²) < 4.78 is 0. The molecule has 0 saturated carbocycles. The van der Waals surface area contributed by atoms with E-state index in [4.69, 9.17) is 5.26 Å². The quantitative estimate of drug-likeness (QED) is 0.713. The molecule has 3 aromatic rings. The van der Waals surface area contributed by atoms with Crippen LogP contribution in [0.1, 0.15) is 22.9 Å². The Balaban J connectivity index is 1.52. The normalized spacial score (nSPS) is 14.9. The standard InChI is InChI=1S/C23H22N4/c24-17-21-11-12-22(18-25-21)26-13-15-27(16-14-26)23(19-7-3-1-4-8-19)20-9-5-2-6-10-20/h1-12,18,23H,13-16H2. The number of rotatable bonds is 4. The zero-order valence-electron chi connectivity index (χ0n) is 15.2. The summed E-state index contributed by atoms with van der Waals surface area (Å²) in [6.07, 6.45) is 1.81. The van der Waals surface area contributed by atoms with Gasteiger partial charge in [0, 0.05) is 26.2 Å². The second-order valence-electron chi connectivity index (χ2n) is 6.76. The monoisotopic (exact) mass is 354 g/mol. The minimum absolute atomic E-state index is 0.272. The highest BCUT2D eigenvalue weighted by Gasteiger charge is 2.26. The molecule has 134 valence electrons. The molecule has 4 heteroatoms. The SMILES string of the molecule is N#Cc1ccc(N2CCN(C(c3ccccc3)c3ccccc3)CC2)cn1. The van der Waals surface area contributed by atoms with Gasteiger partial charge in [0.15, 0.2) is 0 Å². The van der Waals surface area contributed by atoms with Gasteiger partial charge < -0.3 is 4.90 Å². The number of benzene rings is 2. The fourth-order valence-electron chi connectivity index (χ4n) is 3.76. The van der Waals surface area contributed by atoms with Crippen molar-refractivity contribution in [3.63, 3.8) is 0 Å². The van der Waals surface area contributed by atoms with Gasteiger partial charge in [-0.15, -0.1) is 0 Å². The zero-order valence-corrected chi connectivity index (χ0v) is 15.2. The van der Waals surface area contributed by atoms with Crippen LogP contribution in [0.15, 0.2) is 79.0 Å². The van der Waals surface area contributed by atoms with Crippen molar-refractivity contribution in [3.8, 4) is 6.07 Å². The summed E-state index contributed by atoms with van der Waals surface area (Å²) in [6, 6.07) is 27.6. The number of anilines is 1. The average molecular weight is 354 g/mol. The molecule has 1 fully saturated rings. The van der Waals surface area contributed by atoms with Crippen LogP contribution in [-0.4, -0.2) is 36.1 Å². The van der Waals surface area contributed by atoms with Crippen LogP contribution in [0.5, 0.6) is 0 Å². The van der Waals surface area contributed by atoms with Gasteiger partial charge in [0.1, 0.15) is 11.8 Å². The van der Waals surface area contributed by atoms with Crippen molar-refractivity contribution in [1.82, 2.24) is 9.88 Å². The van der Waals surface area contributed by atoms with Crippen LogP contribution in [0.25, 0.3) is 0 Å². The number of nitrogens with zero attached hydrogens (tertiary/aromatic N) is 4. The van der Waals surface area contributed by atoms with Gasteiger partial charge in [0.25, 0.3) is 0 Å². The van der Waals surface area contributed by atoms with E-state index in [-0.39, 0.29) is 6.04 Å². The molecule has 0 atom stereocenters. The summed E-state index contributed by atoms with van der Waals surface area (Å²) in [4.78, 5) is 9.10. The number of piperazine rings is 1. The Labute approximate surface area is 160 Å². The first-order valence-electron chi connectivity index (χ1n) is 9.30. The van der Waals surface area contributed by atoms with Crippen molar-refractivity contribution in [1.29, 1.82) is 5.26 Å². The van der Waals surface area contributed by atoms with Crippen molar-refractivity contribution in [2.75, 3.05) is 31.1 Å². The average Bonchev–Trinajstić information content (AvgIpc) is 2.76. The number of pyridine rings is 1. The highest BCUT2D eigenvalue weighted by molar-refractivity contribution is 5.46. The molecule has 1 aliphatic heterocycles. The van der Waals surface area contributed by atoms with E-state index >= 15 is 0 Å². The minimum atomic E-state index is 0.272. The van der Waals surface area contributed by atoms with E-state index in [1.807, 2.05) is 6.07 Å². The lowest BCUT2D eigenvalue weighted by molar-refractivity contribution is 0.212. The maximum absolute atomic E-state index is 8.92. The molecule has 2 aromatic carbocycles. The Morgan fingerprint density at radius 3 is 1.85 bits per heavy atom. The first-order valence-corrected chi connectivity index (χ1v) is 9.30. The predicted octanol–water partition coefficient (Wildman–Crippen LogP) is 3.86. The lowest BCUT2D eigenvalue weighted by Gasteiger charge is -2.40. The van der Waals surface area contributed by atoms with E-state index in [1.54, 1.807) is 12.3 Å². The van der Waals surface area contributed by atoms with Gasteiger partial charge in [0.2, 0.25) is 0 Å². The maximum Gasteiger partial charge on any atom is 0.140 e. The van der Waals surface area contributed by atoms with Crippen molar-refractivity contribution in [2.24, 2.45) is 0 Å². The van der Waals surface area contributed by atoms with Gasteiger partial charge in [-0.2, -0.15) is 5.26 Å². The Kier molecular flexibility index (Phi) is 5.13. The Hall–Kier alpha value is -3.16. The number of hydrogen-bond donors (Lipinski definition) is 0. The first-order chi connectivity index (χ1) is 13.3. The summed E-state index contributed by atoms with van der Waals surface area (Å²) >= 11 is 0. The minimum Gasteiger partial charge on any atom is -0.368 e. The van der Waals surface area contributed by atoms with Gasteiger partial charge in [-0.25, -0.2) is 4.98 Å². The van der Waals surface area contributed by atoms with Crippen LogP contribution in [0.4, 0.5) is 5.69 Å². The van der Waals surface area contributed by atoms with E-state index < -0.39 is 0 Å². The van der Waals surface area contributed by atoms with E-state index in [1.165, 1.54) is 11.1 Å². The van der Waals surface area contributed by atoms with E-state index in [0.29, 0.717) is 5.69 Å². The molecule has 2 heterocycles. The molecule has 4 rings (SSSR count). The van der Waals surface area contributed by atoms with Crippen molar-refractivity contribution < 1.29 is 0 Å². The molecule has 0 aliphatic carbocycles. The van der Waals surface area contributed by atoms with E-state index in [9.17, 15) is 0 Å². The third-order valence-corrected chi connectivity index (χ3v) is 5.14. The first kappa shape index (κ1) is 17.3. The van der Waals surface area contributed by atoms with Gasteiger partial charge in [-0.05, 0) is 23.3 Å². The fourth-order valence-corrected chi connectivity index (χ4v) is 3.76. The largest absolute Gasteiger partial charge is 0.368 e. The molecule has 0 spiro atoms. The molecular formula is C23H22N4. The molecule has 4 nitrogen and oxygen atoms in total. The highest BCUT2D eigenvalue weighted by Crippen LogP contribution is 2.30. The Morgan fingerprint density at radius 2 is 1.37 bits per heavy atom. The molecule has 0 radical (unpaired) electrons. The topological polar surface area (TPSA) is 43.2 Å². The van der Waals surface area contributed by atoms with Gasteiger partial charge in [-0.3, -0.25) is 4.90 Å². The Bertz CT molecular complexity index is 853. The van der Waals surface area contributed by atoms with Gasteiger partial charge >= 0.3 is 0 Å². The number of hydrogen-bond acceptors (Lipinski definition) is 4. The smallest absolute Gasteiger partial charge is 0.140 e. The Morgan fingerprint density at radius 1 is 0.778 bits per heavy atom. The lowest BCUT2D eigenvalue weighted by atomic mass is 9.96.